The van der Waals surface area contributed by atoms with Gasteiger partial charge in [-0.15, -0.1) is 0 Å². The molecule has 1 fully saturated rings. The third-order valence-corrected chi connectivity index (χ3v) is 5.97. The maximum absolute atomic E-state index is 12.9. The van der Waals surface area contributed by atoms with E-state index in [2.05, 4.69) is 10.8 Å². The molecule has 1 N–H and O–H groups in total. The molecule has 0 aliphatic heterocycles. The van der Waals surface area contributed by atoms with Crippen molar-refractivity contribution in [3.8, 4) is 11.8 Å². The summed E-state index contributed by atoms with van der Waals surface area (Å²) in [5.74, 6) is 0.413. The molecule has 126 valence electrons. The molecule has 1 aliphatic carbocycles. The Balaban J connectivity index is 2.02. The quantitative estimate of drug-likeness (QED) is 0.903. The van der Waals surface area contributed by atoms with Crippen LogP contribution in [0.1, 0.15) is 26.2 Å². The predicted octanol–water partition coefficient (Wildman–Crippen LogP) is 3.21. The van der Waals surface area contributed by atoms with Crippen molar-refractivity contribution in [2.45, 2.75) is 37.1 Å². The van der Waals surface area contributed by atoms with Crippen LogP contribution >= 0.6 is 0 Å². The van der Waals surface area contributed by atoms with Crippen molar-refractivity contribution in [2.24, 2.45) is 5.92 Å². The van der Waals surface area contributed by atoms with Crippen molar-refractivity contribution in [1.29, 1.82) is 5.26 Å². The van der Waals surface area contributed by atoms with E-state index in [0.717, 1.165) is 18.2 Å². The molecule has 0 aromatic heterocycles. The summed E-state index contributed by atoms with van der Waals surface area (Å²) in [6.45, 7) is 2.41. The molecule has 0 amide bonds. The van der Waals surface area contributed by atoms with Gasteiger partial charge in [-0.1, -0.05) is 30.7 Å². The summed E-state index contributed by atoms with van der Waals surface area (Å²) in [5, 5.41) is 10.6. The number of sulfonamides is 1. The summed E-state index contributed by atoms with van der Waals surface area (Å²) in [4.78, 5) is 0.227. The Labute approximate surface area is 142 Å². The zero-order chi connectivity index (χ0) is 17.2. The van der Waals surface area contributed by atoms with Gasteiger partial charge in [0.05, 0.1) is 23.5 Å². The highest BCUT2D eigenvalue weighted by molar-refractivity contribution is 7.89. The van der Waals surface area contributed by atoms with Crippen LogP contribution in [-0.2, 0) is 10.0 Å². The standard InChI is InChI=1S/C18H20N2O3S/c1-2-23-17-10-11-18(15-8-4-3-7-14(15)17)24(21,22)20-16-9-5-6-13(16)12-19/h3-4,7-8,10-11,13,16,20H,2,5-6,9H2,1H3/t13-,16+/m0/s1. The molecule has 6 heteroatoms. The van der Waals surface area contributed by atoms with Crippen molar-refractivity contribution < 1.29 is 13.2 Å². The highest BCUT2D eigenvalue weighted by Gasteiger charge is 2.32. The highest BCUT2D eigenvalue weighted by atomic mass is 32.2. The van der Waals surface area contributed by atoms with E-state index >= 15 is 0 Å². The summed E-state index contributed by atoms with van der Waals surface area (Å²) >= 11 is 0. The SMILES string of the molecule is CCOc1ccc(S(=O)(=O)N[C@@H]2CCC[C@H]2C#N)c2ccccc12. The average molecular weight is 344 g/mol. The lowest BCUT2D eigenvalue weighted by Gasteiger charge is -2.17. The minimum absolute atomic E-state index is 0.227. The van der Waals surface area contributed by atoms with E-state index in [9.17, 15) is 8.42 Å². The van der Waals surface area contributed by atoms with Gasteiger partial charge in [0.1, 0.15) is 5.75 Å². The molecule has 0 heterocycles. The van der Waals surface area contributed by atoms with Crippen LogP contribution in [0.3, 0.4) is 0 Å². The highest BCUT2D eigenvalue weighted by Crippen LogP contribution is 2.32. The van der Waals surface area contributed by atoms with Gasteiger partial charge in [-0.25, -0.2) is 13.1 Å². The van der Waals surface area contributed by atoms with Crippen molar-refractivity contribution in [3.05, 3.63) is 36.4 Å². The topological polar surface area (TPSA) is 79.2 Å². The van der Waals surface area contributed by atoms with Gasteiger partial charge in [0.15, 0.2) is 0 Å². The number of ether oxygens (including phenoxy) is 1. The van der Waals surface area contributed by atoms with Gasteiger partial charge in [-0.3, -0.25) is 0 Å². The van der Waals surface area contributed by atoms with E-state index < -0.39 is 10.0 Å². The van der Waals surface area contributed by atoms with Gasteiger partial charge < -0.3 is 4.74 Å². The number of hydrogen-bond acceptors (Lipinski definition) is 4. The Bertz CT molecular complexity index is 887. The lowest BCUT2D eigenvalue weighted by Crippen LogP contribution is -2.36. The molecule has 1 saturated carbocycles. The van der Waals surface area contributed by atoms with Crippen LogP contribution in [0.2, 0.25) is 0 Å². The first-order valence-electron chi connectivity index (χ1n) is 8.13. The van der Waals surface area contributed by atoms with E-state index in [1.54, 1.807) is 18.2 Å². The second-order valence-electron chi connectivity index (χ2n) is 5.93. The molecule has 2 aromatic carbocycles. The smallest absolute Gasteiger partial charge is 0.241 e. The summed E-state index contributed by atoms with van der Waals surface area (Å²) in [7, 11) is -3.70. The minimum Gasteiger partial charge on any atom is -0.493 e. The summed E-state index contributed by atoms with van der Waals surface area (Å²) < 4.78 is 34.1. The average Bonchev–Trinajstić information content (AvgIpc) is 3.01. The molecule has 0 unspecified atom stereocenters. The van der Waals surface area contributed by atoms with Crippen LogP contribution in [0.15, 0.2) is 41.3 Å². The lowest BCUT2D eigenvalue weighted by molar-refractivity contribution is 0.344. The largest absolute Gasteiger partial charge is 0.493 e. The number of hydrogen-bond donors (Lipinski definition) is 1. The van der Waals surface area contributed by atoms with Gasteiger partial charge in [0, 0.05) is 16.8 Å². The lowest BCUT2D eigenvalue weighted by atomic mass is 10.1. The number of nitriles is 1. The fourth-order valence-electron chi connectivity index (χ4n) is 3.28. The summed E-state index contributed by atoms with van der Waals surface area (Å²) in [6.07, 6.45) is 2.32. The normalized spacial score (nSPS) is 20.8. The van der Waals surface area contributed by atoms with Crippen molar-refractivity contribution in [3.63, 3.8) is 0 Å². The Morgan fingerprint density at radius 3 is 2.67 bits per heavy atom. The van der Waals surface area contributed by atoms with Gasteiger partial charge >= 0.3 is 0 Å². The van der Waals surface area contributed by atoms with Crippen LogP contribution in [0, 0.1) is 17.2 Å². The fourth-order valence-corrected chi connectivity index (χ4v) is 4.80. The minimum atomic E-state index is -3.70. The fraction of sp³-hybridized carbons (Fsp3) is 0.389. The van der Waals surface area contributed by atoms with Gasteiger partial charge in [-0.2, -0.15) is 5.26 Å². The third kappa shape index (κ3) is 3.10. The second kappa shape index (κ2) is 6.80. The van der Waals surface area contributed by atoms with Gasteiger partial charge in [0.2, 0.25) is 10.0 Å². The Kier molecular flexibility index (Phi) is 4.74. The van der Waals surface area contributed by atoms with Gasteiger partial charge in [0.25, 0.3) is 0 Å². The Hall–Kier alpha value is -2.10. The molecule has 0 bridgehead atoms. The van der Waals surface area contributed by atoms with E-state index in [1.807, 2.05) is 25.1 Å². The zero-order valence-corrected chi connectivity index (χ0v) is 14.3. The molecule has 2 atom stereocenters. The van der Waals surface area contributed by atoms with Crippen molar-refractivity contribution >= 4 is 20.8 Å². The second-order valence-corrected chi connectivity index (χ2v) is 7.62. The van der Waals surface area contributed by atoms with Crippen molar-refractivity contribution in [1.82, 2.24) is 4.72 Å². The first-order valence-corrected chi connectivity index (χ1v) is 9.61. The molecule has 0 radical (unpaired) electrons. The molecule has 0 spiro atoms. The predicted molar refractivity (Wildman–Crippen MR) is 92.2 cm³/mol. The van der Waals surface area contributed by atoms with E-state index in [0.29, 0.717) is 24.2 Å². The molecule has 2 aromatic rings. The molecule has 5 nitrogen and oxygen atoms in total. The van der Waals surface area contributed by atoms with Gasteiger partial charge in [-0.05, 0) is 31.9 Å². The van der Waals surface area contributed by atoms with Crippen LogP contribution in [0.25, 0.3) is 10.8 Å². The van der Waals surface area contributed by atoms with E-state index in [-0.39, 0.29) is 16.9 Å². The molecule has 3 rings (SSSR count). The number of nitrogens with zero attached hydrogens (tertiary/aromatic N) is 1. The number of rotatable bonds is 5. The zero-order valence-electron chi connectivity index (χ0n) is 13.5. The monoisotopic (exact) mass is 344 g/mol. The third-order valence-electron chi connectivity index (χ3n) is 4.42. The maximum atomic E-state index is 12.9. The molecule has 24 heavy (non-hydrogen) atoms. The molecular formula is C18H20N2O3S. The van der Waals surface area contributed by atoms with Crippen LogP contribution in [0.5, 0.6) is 5.75 Å². The van der Waals surface area contributed by atoms with Crippen molar-refractivity contribution in [2.75, 3.05) is 6.61 Å². The maximum Gasteiger partial charge on any atom is 0.241 e. The molecular weight excluding hydrogens is 324 g/mol. The van der Waals surface area contributed by atoms with Crippen LogP contribution < -0.4 is 9.46 Å². The number of fused-ring (bicyclic) bond motifs is 1. The summed E-state index contributed by atoms with van der Waals surface area (Å²) in [5.41, 5.74) is 0. The first-order chi connectivity index (χ1) is 11.6. The molecule has 0 saturated heterocycles. The number of benzene rings is 2. The van der Waals surface area contributed by atoms with E-state index in [1.165, 1.54) is 0 Å². The van der Waals surface area contributed by atoms with E-state index in [4.69, 9.17) is 10.00 Å². The summed E-state index contributed by atoms with van der Waals surface area (Å²) in [6, 6.07) is 12.5. The Morgan fingerprint density at radius 2 is 1.96 bits per heavy atom. The number of nitrogens with one attached hydrogen (secondary N) is 1. The molecule has 1 aliphatic rings. The first kappa shape index (κ1) is 16.7. The van der Waals surface area contributed by atoms with Crippen LogP contribution in [0.4, 0.5) is 0 Å². The Morgan fingerprint density at radius 1 is 1.21 bits per heavy atom. The van der Waals surface area contributed by atoms with Crippen LogP contribution in [-0.4, -0.2) is 21.1 Å².